The lowest BCUT2D eigenvalue weighted by Gasteiger charge is -2.26. The predicted molar refractivity (Wildman–Crippen MR) is 70.7 cm³/mol. The second-order valence-electron chi connectivity index (χ2n) is 4.38. The summed E-state index contributed by atoms with van der Waals surface area (Å²) in [5.41, 5.74) is 0. The molecule has 0 bridgehead atoms. The number of rotatable bonds is 4. The minimum Gasteiger partial charge on any atom is -0.367 e. The van der Waals surface area contributed by atoms with Crippen molar-refractivity contribution < 1.29 is 4.79 Å². The van der Waals surface area contributed by atoms with Gasteiger partial charge in [-0.25, -0.2) is 9.97 Å². The van der Waals surface area contributed by atoms with Gasteiger partial charge in [-0.3, -0.25) is 4.79 Å². The Labute approximate surface area is 112 Å². The van der Waals surface area contributed by atoms with Crippen molar-refractivity contribution in [3.8, 4) is 0 Å². The Bertz CT molecular complexity index is 438. The summed E-state index contributed by atoms with van der Waals surface area (Å²) in [6.07, 6.45) is 4.37. The molecule has 1 aliphatic heterocycles. The second-order valence-corrected chi connectivity index (χ2v) is 4.79. The Morgan fingerprint density at radius 3 is 3.11 bits per heavy atom. The van der Waals surface area contributed by atoms with Crippen LogP contribution in [0.25, 0.3) is 0 Å². The van der Waals surface area contributed by atoms with Crippen LogP contribution in [0, 0.1) is 6.92 Å². The molecule has 2 heterocycles. The van der Waals surface area contributed by atoms with E-state index in [2.05, 4.69) is 15.3 Å². The first-order chi connectivity index (χ1) is 8.66. The molecule has 1 fully saturated rings. The molecule has 1 saturated heterocycles. The largest absolute Gasteiger partial charge is 0.367 e. The van der Waals surface area contributed by atoms with E-state index >= 15 is 0 Å². The van der Waals surface area contributed by atoms with Crippen LogP contribution in [-0.4, -0.2) is 40.4 Å². The van der Waals surface area contributed by atoms with E-state index in [1.165, 1.54) is 0 Å². The van der Waals surface area contributed by atoms with Gasteiger partial charge in [0.05, 0.1) is 6.20 Å². The van der Waals surface area contributed by atoms with Gasteiger partial charge in [0, 0.05) is 26.1 Å². The molecule has 0 spiro atoms. The fourth-order valence-corrected chi connectivity index (χ4v) is 2.14. The molecule has 0 aromatic carbocycles. The van der Waals surface area contributed by atoms with E-state index in [4.69, 9.17) is 11.6 Å². The summed E-state index contributed by atoms with van der Waals surface area (Å²) >= 11 is 5.98. The Hall–Kier alpha value is -1.36. The number of carbonyl (C=O) groups is 1. The zero-order chi connectivity index (χ0) is 13.0. The molecule has 1 aromatic heterocycles. The summed E-state index contributed by atoms with van der Waals surface area (Å²) < 4.78 is 0. The lowest BCUT2D eigenvalue weighted by Crippen LogP contribution is -2.38. The molecule has 0 unspecified atom stereocenters. The zero-order valence-electron chi connectivity index (χ0n) is 10.4. The van der Waals surface area contributed by atoms with Crippen LogP contribution in [0.1, 0.15) is 25.1 Å². The molecule has 18 heavy (non-hydrogen) atoms. The zero-order valence-corrected chi connectivity index (χ0v) is 11.2. The summed E-state index contributed by atoms with van der Waals surface area (Å²) in [6.45, 7) is 4.02. The van der Waals surface area contributed by atoms with Gasteiger partial charge in [0.15, 0.2) is 0 Å². The highest BCUT2D eigenvalue weighted by Crippen LogP contribution is 2.17. The van der Waals surface area contributed by atoms with Crippen LogP contribution in [0.5, 0.6) is 0 Å². The average Bonchev–Trinajstić information content (AvgIpc) is 2.36. The van der Waals surface area contributed by atoms with E-state index in [9.17, 15) is 4.79 Å². The summed E-state index contributed by atoms with van der Waals surface area (Å²) in [7, 11) is 0. The molecular formula is C12H17ClN4O. The average molecular weight is 269 g/mol. The van der Waals surface area contributed by atoms with Gasteiger partial charge in [-0.1, -0.05) is 11.6 Å². The summed E-state index contributed by atoms with van der Waals surface area (Å²) in [5.74, 6) is 1.55. The van der Waals surface area contributed by atoms with E-state index < -0.39 is 0 Å². The molecule has 98 valence electrons. The van der Waals surface area contributed by atoms with Crippen LogP contribution in [0.2, 0.25) is 5.02 Å². The molecule has 2 rings (SSSR count). The van der Waals surface area contributed by atoms with Gasteiger partial charge in [-0.05, 0) is 19.8 Å². The number of amides is 1. The van der Waals surface area contributed by atoms with E-state index in [-0.39, 0.29) is 5.91 Å². The molecular weight excluding hydrogens is 252 g/mol. The Morgan fingerprint density at radius 1 is 1.50 bits per heavy atom. The van der Waals surface area contributed by atoms with Gasteiger partial charge < -0.3 is 10.2 Å². The molecule has 0 aliphatic carbocycles. The van der Waals surface area contributed by atoms with Gasteiger partial charge in [0.25, 0.3) is 0 Å². The number of likely N-dealkylation sites (tertiary alicyclic amines) is 1. The van der Waals surface area contributed by atoms with Gasteiger partial charge in [-0.15, -0.1) is 0 Å². The monoisotopic (exact) mass is 268 g/mol. The topological polar surface area (TPSA) is 58.1 Å². The molecule has 1 aromatic rings. The maximum Gasteiger partial charge on any atom is 0.222 e. The quantitative estimate of drug-likeness (QED) is 0.906. The Morgan fingerprint density at radius 2 is 2.33 bits per heavy atom. The normalized spacial score (nSPS) is 15.9. The molecule has 0 atom stereocenters. The highest BCUT2D eigenvalue weighted by atomic mass is 35.5. The molecule has 1 aliphatic rings. The number of hydrogen-bond donors (Lipinski definition) is 1. The van der Waals surface area contributed by atoms with Crippen LogP contribution in [0.3, 0.4) is 0 Å². The van der Waals surface area contributed by atoms with Crippen molar-refractivity contribution in [2.75, 3.05) is 25.0 Å². The predicted octanol–water partition coefficient (Wildman–Crippen LogP) is 1.86. The van der Waals surface area contributed by atoms with Crippen molar-refractivity contribution in [2.45, 2.75) is 26.2 Å². The molecule has 1 amide bonds. The van der Waals surface area contributed by atoms with Crippen molar-refractivity contribution in [3.05, 3.63) is 17.0 Å². The summed E-state index contributed by atoms with van der Waals surface area (Å²) in [5, 5.41) is 3.65. The number of nitrogens with one attached hydrogen (secondary N) is 1. The smallest absolute Gasteiger partial charge is 0.222 e. The van der Waals surface area contributed by atoms with Gasteiger partial charge in [0.2, 0.25) is 5.91 Å². The first-order valence-electron chi connectivity index (χ1n) is 6.17. The first-order valence-corrected chi connectivity index (χ1v) is 6.55. The van der Waals surface area contributed by atoms with Crippen LogP contribution >= 0.6 is 11.6 Å². The van der Waals surface area contributed by atoms with Gasteiger partial charge in [0.1, 0.15) is 16.7 Å². The molecule has 0 radical (unpaired) electrons. The summed E-state index contributed by atoms with van der Waals surface area (Å²) in [4.78, 5) is 21.7. The third kappa shape index (κ3) is 3.32. The second kappa shape index (κ2) is 6.00. The lowest BCUT2D eigenvalue weighted by atomic mass is 10.1. The SMILES string of the molecule is Cc1ncc(Cl)c(NCCN2CCCCC2=O)n1. The van der Waals surface area contributed by atoms with E-state index in [0.29, 0.717) is 36.2 Å². The van der Waals surface area contributed by atoms with Crippen molar-refractivity contribution in [3.63, 3.8) is 0 Å². The minimum atomic E-state index is 0.244. The molecule has 5 nitrogen and oxygen atoms in total. The molecule has 6 heteroatoms. The van der Waals surface area contributed by atoms with Gasteiger partial charge >= 0.3 is 0 Å². The third-order valence-electron chi connectivity index (χ3n) is 2.96. The number of piperidine rings is 1. The van der Waals surface area contributed by atoms with E-state index in [1.807, 2.05) is 11.8 Å². The van der Waals surface area contributed by atoms with E-state index in [0.717, 1.165) is 19.4 Å². The number of nitrogens with zero attached hydrogens (tertiary/aromatic N) is 3. The summed E-state index contributed by atoms with van der Waals surface area (Å²) in [6, 6.07) is 0. The minimum absolute atomic E-state index is 0.244. The number of carbonyl (C=O) groups excluding carboxylic acids is 1. The lowest BCUT2D eigenvalue weighted by molar-refractivity contribution is -0.133. The van der Waals surface area contributed by atoms with Crippen LogP contribution in [-0.2, 0) is 4.79 Å². The maximum absolute atomic E-state index is 11.6. The highest BCUT2D eigenvalue weighted by molar-refractivity contribution is 6.32. The van der Waals surface area contributed by atoms with Crippen molar-refractivity contribution in [2.24, 2.45) is 0 Å². The first kappa shape index (κ1) is 13.1. The van der Waals surface area contributed by atoms with Crippen LogP contribution in [0.15, 0.2) is 6.20 Å². The Kier molecular flexibility index (Phi) is 4.36. The number of aryl methyl sites for hydroxylation is 1. The number of anilines is 1. The third-order valence-corrected chi connectivity index (χ3v) is 3.24. The van der Waals surface area contributed by atoms with Crippen molar-refractivity contribution in [1.82, 2.24) is 14.9 Å². The molecule has 0 saturated carbocycles. The van der Waals surface area contributed by atoms with E-state index in [1.54, 1.807) is 6.20 Å². The maximum atomic E-state index is 11.6. The number of aromatic nitrogens is 2. The number of hydrogen-bond acceptors (Lipinski definition) is 4. The van der Waals surface area contributed by atoms with Crippen LogP contribution < -0.4 is 5.32 Å². The fourth-order valence-electron chi connectivity index (χ4n) is 1.99. The standard InChI is InChI=1S/C12H17ClN4O/c1-9-15-8-10(13)12(16-9)14-5-7-17-6-3-2-4-11(17)18/h8H,2-7H2,1H3,(H,14,15,16). The number of halogens is 1. The van der Waals surface area contributed by atoms with Crippen molar-refractivity contribution >= 4 is 23.3 Å². The Balaban J connectivity index is 1.84. The highest BCUT2D eigenvalue weighted by Gasteiger charge is 2.17. The molecule has 1 N–H and O–H groups in total. The fraction of sp³-hybridized carbons (Fsp3) is 0.583. The van der Waals surface area contributed by atoms with Gasteiger partial charge in [-0.2, -0.15) is 0 Å². The van der Waals surface area contributed by atoms with Crippen LogP contribution in [0.4, 0.5) is 5.82 Å². The van der Waals surface area contributed by atoms with Crippen molar-refractivity contribution in [1.29, 1.82) is 0 Å².